The molecule has 2 aliphatic carbocycles. The minimum absolute atomic E-state index is 0.0714. The lowest BCUT2D eigenvalue weighted by molar-refractivity contribution is -0.0548. The van der Waals surface area contributed by atoms with Crippen molar-refractivity contribution in [1.29, 1.82) is 5.26 Å². The number of fused-ring (bicyclic) bond motifs is 2. The summed E-state index contributed by atoms with van der Waals surface area (Å²) >= 11 is 0. The van der Waals surface area contributed by atoms with Crippen LogP contribution in [0.5, 0.6) is 0 Å². The highest BCUT2D eigenvalue weighted by molar-refractivity contribution is 5.42. The number of hydrogen-bond donors (Lipinski definition) is 0. The Labute approximate surface area is 109 Å². The summed E-state index contributed by atoms with van der Waals surface area (Å²) in [7, 11) is 1.86. The highest BCUT2D eigenvalue weighted by atomic mass is 16.5. The number of methoxy groups -OCH3 is 1. The molecule has 0 unspecified atom stereocenters. The lowest BCUT2D eigenvalue weighted by Gasteiger charge is -2.35. The normalized spacial score (nSPS) is 33.6. The molecule has 0 radical (unpaired) electrons. The highest BCUT2D eigenvalue weighted by Crippen LogP contribution is 2.59. The first-order chi connectivity index (χ1) is 8.72. The highest BCUT2D eigenvalue weighted by Gasteiger charge is 2.56. The fourth-order valence-electron chi connectivity index (χ4n) is 4.34. The monoisotopic (exact) mass is 241 g/mol. The van der Waals surface area contributed by atoms with Crippen LogP contribution < -0.4 is 0 Å². The molecule has 0 aliphatic heterocycles. The minimum atomic E-state index is -0.0714. The van der Waals surface area contributed by atoms with Crippen LogP contribution in [0.1, 0.15) is 42.4 Å². The molecule has 94 valence electrons. The van der Waals surface area contributed by atoms with Crippen molar-refractivity contribution in [3.63, 3.8) is 0 Å². The van der Waals surface area contributed by atoms with Crippen LogP contribution in [0.3, 0.4) is 0 Å². The third kappa shape index (κ3) is 1.37. The standard InChI is InChI=1S/C16H19NO/c1-11-9-12(10-17)3-8-15(11)16(18-2)13-4-5-14(16)7-6-13/h3,8-9,13-14H,4-7H2,1-2H3. The van der Waals surface area contributed by atoms with Crippen LogP contribution in [-0.2, 0) is 10.3 Å². The van der Waals surface area contributed by atoms with Crippen molar-refractivity contribution in [2.45, 2.75) is 38.2 Å². The predicted molar refractivity (Wildman–Crippen MR) is 70.0 cm³/mol. The molecule has 0 aromatic heterocycles. The fourth-order valence-corrected chi connectivity index (χ4v) is 4.34. The topological polar surface area (TPSA) is 33.0 Å². The van der Waals surface area contributed by atoms with Crippen LogP contribution in [0.25, 0.3) is 0 Å². The van der Waals surface area contributed by atoms with Gasteiger partial charge in [0.05, 0.1) is 17.2 Å². The third-order valence-electron chi connectivity index (χ3n) is 5.05. The van der Waals surface area contributed by atoms with Gasteiger partial charge in [-0.3, -0.25) is 0 Å². The van der Waals surface area contributed by atoms with Crippen LogP contribution >= 0.6 is 0 Å². The number of nitriles is 1. The van der Waals surface area contributed by atoms with Crippen LogP contribution in [0.2, 0.25) is 0 Å². The fraction of sp³-hybridized carbons (Fsp3) is 0.562. The second kappa shape index (κ2) is 4.10. The van der Waals surface area contributed by atoms with Crippen molar-refractivity contribution in [3.8, 4) is 6.07 Å². The Morgan fingerprint density at radius 1 is 1.22 bits per heavy atom. The molecule has 0 amide bonds. The largest absolute Gasteiger partial charge is 0.373 e. The van der Waals surface area contributed by atoms with Crippen LogP contribution in [0, 0.1) is 30.1 Å². The zero-order valence-corrected chi connectivity index (χ0v) is 11.1. The van der Waals surface area contributed by atoms with Crippen molar-refractivity contribution in [2.24, 2.45) is 11.8 Å². The average molecular weight is 241 g/mol. The van der Waals surface area contributed by atoms with Gasteiger partial charge in [-0.15, -0.1) is 0 Å². The summed E-state index contributed by atoms with van der Waals surface area (Å²) < 4.78 is 6.04. The van der Waals surface area contributed by atoms with Gasteiger partial charge < -0.3 is 4.74 Å². The first kappa shape index (κ1) is 11.7. The maximum absolute atomic E-state index is 8.97. The van der Waals surface area contributed by atoms with E-state index >= 15 is 0 Å². The molecule has 2 aliphatic rings. The summed E-state index contributed by atoms with van der Waals surface area (Å²) in [5.41, 5.74) is 3.19. The molecule has 2 heteroatoms. The number of nitrogens with zero attached hydrogens (tertiary/aromatic N) is 1. The van der Waals surface area contributed by atoms with E-state index in [-0.39, 0.29) is 5.60 Å². The molecule has 18 heavy (non-hydrogen) atoms. The lowest BCUT2D eigenvalue weighted by Crippen LogP contribution is -2.34. The quantitative estimate of drug-likeness (QED) is 0.793. The molecule has 2 saturated carbocycles. The zero-order valence-electron chi connectivity index (χ0n) is 11.1. The molecular formula is C16H19NO. The van der Waals surface area contributed by atoms with Crippen molar-refractivity contribution in [3.05, 3.63) is 34.9 Å². The summed E-state index contributed by atoms with van der Waals surface area (Å²) in [6.45, 7) is 2.11. The van der Waals surface area contributed by atoms with E-state index < -0.39 is 0 Å². The van der Waals surface area contributed by atoms with Crippen LogP contribution in [0.15, 0.2) is 18.2 Å². The number of hydrogen-bond acceptors (Lipinski definition) is 2. The van der Waals surface area contributed by atoms with Gasteiger partial charge in [0.1, 0.15) is 0 Å². The van der Waals surface area contributed by atoms with Crippen LogP contribution in [0.4, 0.5) is 0 Å². The van der Waals surface area contributed by atoms with E-state index in [4.69, 9.17) is 10.00 Å². The zero-order chi connectivity index (χ0) is 12.8. The van der Waals surface area contributed by atoms with E-state index in [1.165, 1.54) is 36.8 Å². The van der Waals surface area contributed by atoms with Gasteiger partial charge >= 0.3 is 0 Å². The Kier molecular flexibility index (Phi) is 2.68. The first-order valence-corrected chi connectivity index (χ1v) is 6.78. The van der Waals surface area contributed by atoms with Gasteiger partial charge in [0.2, 0.25) is 0 Å². The Morgan fingerprint density at radius 2 is 1.83 bits per heavy atom. The molecule has 2 bridgehead atoms. The second-order valence-electron chi connectivity index (χ2n) is 5.69. The Hall–Kier alpha value is -1.33. The molecular weight excluding hydrogens is 222 g/mol. The maximum Gasteiger partial charge on any atom is 0.0991 e. The van der Waals surface area contributed by atoms with Crippen molar-refractivity contribution in [1.82, 2.24) is 0 Å². The van der Waals surface area contributed by atoms with Gasteiger partial charge in [-0.25, -0.2) is 0 Å². The molecule has 0 saturated heterocycles. The van der Waals surface area contributed by atoms with E-state index in [0.29, 0.717) is 11.8 Å². The number of ether oxygens (including phenoxy) is 1. The van der Waals surface area contributed by atoms with Gasteiger partial charge in [-0.1, -0.05) is 6.07 Å². The molecule has 0 heterocycles. The molecule has 0 atom stereocenters. The second-order valence-corrected chi connectivity index (χ2v) is 5.69. The van der Waals surface area contributed by atoms with Crippen molar-refractivity contribution >= 4 is 0 Å². The lowest BCUT2D eigenvalue weighted by atomic mass is 9.81. The molecule has 0 spiro atoms. The SMILES string of the molecule is COC1(c2ccc(C#N)cc2C)C2CCC1CC2. The van der Waals surface area contributed by atoms with Gasteiger partial charge in [-0.2, -0.15) is 5.26 Å². The Morgan fingerprint density at radius 3 is 2.28 bits per heavy atom. The van der Waals surface area contributed by atoms with E-state index in [0.717, 1.165) is 5.56 Å². The number of aryl methyl sites for hydroxylation is 1. The summed E-state index contributed by atoms with van der Waals surface area (Å²) in [6, 6.07) is 8.26. The molecule has 1 aromatic rings. The molecule has 3 rings (SSSR count). The van der Waals surface area contributed by atoms with E-state index in [1.807, 2.05) is 19.2 Å². The van der Waals surface area contributed by atoms with E-state index in [9.17, 15) is 0 Å². The van der Waals surface area contributed by atoms with Crippen LogP contribution in [-0.4, -0.2) is 7.11 Å². The Balaban J connectivity index is 2.11. The predicted octanol–water partition coefficient (Wildman–Crippen LogP) is 3.53. The first-order valence-electron chi connectivity index (χ1n) is 6.78. The minimum Gasteiger partial charge on any atom is -0.373 e. The van der Waals surface area contributed by atoms with Gasteiger partial charge in [0.15, 0.2) is 0 Å². The van der Waals surface area contributed by atoms with Gasteiger partial charge in [0, 0.05) is 7.11 Å². The van der Waals surface area contributed by atoms with Crippen molar-refractivity contribution < 1.29 is 4.74 Å². The molecule has 0 N–H and O–H groups in total. The third-order valence-corrected chi connectivity index (χ3v) is 5.05. The molecule has 1 aromatic carbocycles. The summed E-state index contributed by atoms with van der Waals surface area (Å²) in [6.07, 6.45) is 5.16. The molecule has 2 fully saturated rings. The summed E-state index contributed by atoms with van der Waals surface area (Å²) in [4.78, 5) is 0. The summed E-state index contributed by atoms with van der Waals surface area (Å²) in [5, 5.41) is 8.97. The average Bonchev–Trinajstić information content (AvgIpc) is 2.94. The van der Waals surface area contributed by atoms with E-state index in [2.05, 4.69) is 19.1 Å². The van der Waals surface area contributed by atoms with Gasteiger partial charge in [-0.05, 0) is 67.7 Å². The maximum atomic E-state index is 8.97. The smallest absolute Gasteiger partial charge is 0.0991 e. The van der Waals surface area contributed by atoms with E-state index in [1.54, 1.807) is 0 Å². The number of benzene rings is 1. The summed E-state index contributed by atoms with van der Waals surface area (Å²) in [5.74, 6) is 1.33. The Bertz CT molecular complexity index is 494. The van der Waals surface area contributed by atoms with Gasteiger partial charge in [0.25, 0.3) is 0 Å². The van der Waals surface area contributed by atoms with Crippen molar-refractivity contribution in [2.75, 3.05) is 7.11 Å². The molecule has 2 nitrogen and oxygen atoms in total. The number of rotatable bonds is 2.